The van der Waals surface area contributed by atoms with Crippen molar-refractivity contribution in [3.05, 3.63) is 39.9 Å². The third-order valence-corrected chi connectivity index (χ3v) is 2.72. The largest absolute Gasteiger partial charge is 0.348 e. The molecule has 0 bridgehead atoms. The first-order valence-corrected chi connectivity index (χ1v) is 5.76. The number of amides is 1. The Morgan fingerprint density at radius 3 is 2.78 bits per heavy atom. The van der Waals surface area contributed by atoms with E-state index in [1.165, 1.54) is 12.1 Å². The van der Waals surface area contributed by atoms with Crippen LogP contribution in [-0.4, -0.2) is 16.9 Å². The Hall–Kier alpha value is -1.95. The van der Waals surface area contributed by atoms with Crippen molar-refractivity contribution >= 4 is 11.6 Å². The first-order valence-electron chi connectivity index (χ1n) is 5.76. The molecule has 1 aromatic carbocycles. The number of carbonyl (C=O) groups excluding carboxylic acids is 1. The maximum Gasteiger partial charge on any atom is 0.269 e. The van der Waals surface area contributed by atoms with Gasteiger partial charge in [0, 0.05) is 12.1 Å². The highest BCUT2D eigenvalue weighted by Gasteiger charge is 2.16. The Balaban J connectivity index is 2.78. The van der Waals surface area contributed by atoms with E-state index in [4.69, 9.17) is 5.73 Å². The fourth-order valence-electron chi connectivity index (χ4n) is 1.50. The quantitative estimate of drug-likeness (QED) is 0.612. The molecule has 0 heterocycles. The monoisotopic (exact) mass is 251 g/mol. The first kappa shape index (κ1) is 14.1. The number of nitrogens with two attached hydrogens (primary N) is 1. The summed E-state index contributed by atoms with van der Waals surface area (Å²) in [5.74, 6) is -0.253. The van der Waals surface area contributed by atoms with E-state index in [9.17, 15) is 14.9 Å². The van der Waals surface area contributed by atoms with Gasteiger partial charge in [0.25, 0.3) is 5.69 Å². The van der Waals surface area contributed by atoms with Gasteiger partial charge in [-0.25, -0.2) is 0 Å². The Morgan fingerprint density at radius 1 is 1.56 bits per heavy atom. The van der Waals surface area contributed by atoms with E-state index in [2.05, 4.69) is 5.32 Å². The lowest BCUT2D eigenvalue weighted by atomic mass is 10.1. The first-order chi connectivity index (χ1) is 8.45. The molecule has 0 spiro atoms. The summed E-state index contributed by atoms with van der Waals surface area (Å²) in [5, 5.41) is 13.4. The van der Waals surface area contributed by atoms with Gasteiger partial charge in [-0.3, -0.25) is 14.9 Å². The number of rotatable bonds is 5. The zero-order chi connectivity index (χ0) is 13.7. The summed E-state index contributed by atoms with van der Waals surface area (Å²) in [4.78, 5) is 21.8. The van der Waals surface area contributed by atoms with E-state index in [1.807, 2.05) is 6.92 Å². The van der Waals surface area contributed by atoms with E-state index in [0.29, 0.717) is 12.0 Å². The molecule has 0 aromatic heterocycles. The van der Waals surface area contributed by atoms with Crippen molar-refractivity contribution in [3.63, 3.8) is 0 Å². The van der Waals surface area contributed by atoms with Gasteiger partial charge in [0.05, 0.1) is 17.0 Å². The summed E-state index contributed by atoms with van der Waals surface area (Å²) in [7, 11) is 0. The second kappa shape index (κ2) is 6.11. The Bertz CT molecular complexity index is 448. The molecule has 1 amide bonds. The SMILES string of the molecule is CCC(N)C(=O)NC(C)c1cccc([N+](=O)[O-])c1. The van der Waals surface area contributed by atoms with Crippen LogP contribution in [0.1, 0.15) is 31.9 Å². The van der Waals surface area contributed by atoms with Crippen molar-refractivity contribution in [2.45, 2.75) is 32.4 Å². The van der Waals surface area contributed by atoms with Crippen LogP contribution in [0.25, 0.3) is 0 Å². The lowest BCUT2D eigenvalue weighted by Gasteiger charge is -2.16. The molecule has 0 fully saturated rings. The predicted molar refractivity (Wildman–Crippen MR) is 67.9 cm³/mol. The number of nitrogens with zero attached hydrogens (tertiary/aromatic N) is 1. The summed E-state index contributed by atoms with van der Waals surface area (Å²) >= 11 is 0. The van der Waals surface area contributed by atoms with Crippen molar-refractivity contribution in [1.82, 2.24) is 5.32 Å². The smallest absolute Gasteiger partial charge is 0.269 e. The van der Waals surface area contributed by atoms with Crippen LogP contribution in [-0.2, 0) is 4.79 Å². The summed E-state index contributed by atoms with van der Waals surface area (Å²) in [6.07, 6.45) is 0.549. The molecule has 3 N–H and O–H groups in total. The number of non-ortho nitro benzene ring substituents is 1. The molecule has 0 aliphatic carbocycles. The van der Waals surface area contributed by atoms with E-state index in [-0.39, 0.29) is 17.6 Å². The standard InChI is InChI=1S/C12H17N3O3/c1-3-11(13)12(16)14-8(2)9-5-4-6-10(7-9)15(17)18/h4-8,11H,3,13H2,1-2H3,(H,14,16). The second-order valence-corrected chi connectivity index (χ2v) is 4.10. The highest BCUT2D eigenvalue weighted by molar-refractivity contribution is 5.81. The van der Waals surface area contributed by atoms with Crippen molar-refractivity contribution in [3.8, 4) is 0 Å². The van der Waals surface area contributed by atoms with Gasteiger partial charge in [-0.2, -0.15) is 0 Å². The molecule has 6 heteroatoms. The highest BCUT2D eigenvalue weighted by Crippen LogP contribution is 2.18. The van der Waals surface area contributed by atoms with Crippen LogP contribution in [0, 0.1) is 10.1 Å². The van der Waals surface area contributed by atoms with Crippen LogP contribution in [0.2, 0.25) is 0 Å². The van der Waals surface area contributed by atoms with E-state index in [1.54, 1.807) is 19.1 Å². The molecule has 0 aliphatic heterocycles. The number of nitrogens with one attached hydrogen (secondary N) is 1. The second-order valence-electron chi connectivity index (χ2n) is 4.10. The lowest BCUT2D eigenvalue weighted by Crippen LogP contribution is -2.41. The van der Waals surface area contributed by atoms with Gasteiger partial charge < -0.3 is 11.1 Å². The zero-order valence-corrected chi connectivity index (χ0v) is 10.4. The number of hydrogen-bond acceptors (Lipinski definition) is 4. The molecule has 0 saturated carbocycles. The van der Waals surface area contributed by atoms with Gasteiger partial charge in [-0.15, -0.1) is 0 Å². The summed E-state index contributed by atoms with van der Waals surface area (Å²) in [5.41, 5.74) is 6.29. The van der Waals surface area contributed by atoms with Crippen molar-refractivity contribution < 1.29 is 9.72 Å². The molecule has 0 radical (unpaired) electrons. The fourth-order valence-corrected chi connectivity index (χ4v) is 1.50. The Labute approximate surface area is 105 Å². The third-order valence-electron chi connectivity index (χ3n) is 2.72. The lowest BCUT2D eigenvalue weighted by molar-refractivity contribution is -0.384. The van der Waals surface area contributed by atoms with Gasteiger partial charge in [0.2, 0.25) is 5.91 Å². The minimum absolute atomic E-state index is 0.00777. The number of benzene rings is 1. The molecule has 2 atom stereocenters. The molecule has 18 heavy (non-hydrogen) atoms. The summed E-state index contributed by atoms with van der Waals surface area (Å²) < 4.78 is 0. The number of nitro groups is 1. The third kappa shape index (κ3) is 3.53. The maximum absolute atomic E-state index is 11.6. The minimum atomic E-state index is -0.550. The zero-order valence-electron chi connectivity index (χ0n) is 10.4. The van der Waals surface area contributed by atoms with Crippen molar-refractivity contribution in [2.75, 3.05) is 0 Å². The highest BCUT2D eigenvalue weighted by atomic mass is 16.6. The Kier molecular flexibility index (Phi) is 4.79. The van der Waals surface area contributed by atoms with Crippen LogP contribution in [0.4, 0.5) is 5.69 Å². The Morgan fingerprint density at radius 2 is 2.22 bits per heavy atom. The van der Waals surface area contributed by atoms with E-state index >= 15 is 0 Å². The molecular weight excluding hydrogens is 234 g/mol. The predicted octanol–water partition coefficient (Wildman–Crippen LogP) is 1.51. The average Bonchev–Trinajstić information content (AvgIpc) is 2.37. The van der Waals surface area contributed by atoms with Crippen LogP contribution >= 0.6 is 0 Å². The fraction of sp³-hybridized carbons (Fsp3) is 0.417. The van der Waals surface area contributed by atoms with E-state index in [0.717, 1.165) is 0 Å². The van der Waals surface area contributed by atoms with Crippen LogP contribution < -0.4 is 11.1 Å². The molecular formula is C12H17N3O3. The number of hydrogen-bond donors (Lipinski definition) is 2. The van der Waals surface area contributed by atoms with Crippen LogP contribution in [0.15, 0.2) is 24.3 Å². The minimum Gasteiger partial charge on any atom is -0.348 e. The van der Waals surface area contributed by atoms with Crippen molar-refractivity contribution in [1.29, 1.82) is 0 Å². The molecule has 98 valence electrons. The molecule has 1 rings (SSSR count). The molecule has 0 aliphatic rings. The van der Waals surface area contributed by atoms with Crippen molar-refractivity contribution in [2.24, 2.45) is 5.73 Å². The number of carbonyl (C=O) groups is 1. The summed E-state index contributed by atoms with van der Waals surface area (Å²) in [6.45, 7) is 3.58. The van der Waals surface area contributed by atoms with Gasteiger partial charge >= 0.3 is 0 Å². The molecule has 6 nitrogen and oxygen atoms in total. The molecule has 1 aromatic rings. The average molecular weight is 251 g/mol. The van der Waals surface area contributed by atoms with Gasteiger partial charge in [0.1, 0.15) is 0 Å². The number of nitro benzene ring substituents is 1. The van der Waals surface area contributed by atoms with Gasteiger partial charge in [-0.05, 0) is 18.9 Å². The van der Waals surface area contributed by atoms with Crippen LogP contribution in [0.3, 0.4) is 0 Å². The summed E-state index contributed by atoms with van der Waals surface area (Å²) in [6, 6.07) is 5.32. The van der Waals surface area contributed by atoms with Crippen LogP contribution in [0.5, 0.6) is 0 Å². The van der Waals surface area contributed by atoms with E-state index < -0.39 is 11.0 Å². The normalized spacial score (nSPS) is 13.7. The topological polar surface area (TPSA) is 98.3 Å². The molecule has 0 saturated heterocycles. The van der Waals surface area contributed by atoms with Gasteiger partial charge in [-0.1, -0.05) is 19.1 Å². The maximum atomic E-state index is 11.6. The van der Waals surface area contributed by atoms with Gasteiger partial charge in [0.15, 0.2) is 0 Å². The molecule has 2 unspecified atom stereocenters.